The summed E-state index contributed by atoms with van der Waals surface area (Å²) in [4.78, 5) is 16.3. The van der Waals surface area contributed by atoms with Crippen molar-refractivity contribution in [3.8, 4) is 0 Å². The molecule has 0 atom stereocenters. The van der Waals surface area contributed by atoms with Crippen LogP contribution in [0.25, 0.3) is 0 Å². The lowest BCUT2D eigenvalue weighted by Crippen LogP contribution is -2.26. The molecule has 100 valence electrons. The molecule has 0 fully saturated rings. The van der Waals surface area contributed by atoms with E-state index < -0.39 is 0 Å². The molecule has 0 saturated carbocycles. The van der Waals surface area contributed by atoms with Crippen LogP contribution in [-0.4, -0.2) is 28.9 Å². The van der Waals surface area contributed by atoms with E-state index in [1.165, 1.54) is 11.5 Å². The highest BCUT2D eigenvalue weighted by Crippen LogP contribution is 2.23. The van der Waals surface area contributed by atoms with E-state index in [9.17, 15) is 4.79 Å². The molecule has 2 aromatic heterocycles. The fraction of sp³-hybridized carbons (Fsp3) is 0.308. The minimum absolute atomic E-state index is 0.0912. The quantitative estimate of drug-likeness (QED) is 0.874. The number of nitrogens with one attached hydrogen (secondary N) is 2. The van der Waals surface area contributed by atoms with Crippen LogP contribution in [0.3, 0.4) is 0 Å². The highest BCUT2D eigenvalue weighted by molar-refractivity contribution is 7.10. The summed E-state index contributed by atoms with van der Waals surface area (Å²) in [6.45, 7) is 2.40. The maximum absolute atomic E-state index is 12.1. The van der Waals surface area contributed by atoms with Crippen molar-refractivity contribution < 1.29 is 4.79 Å². The molecule has 0 bridgehead atoms. The fourth-order valence-corrected chi connectivity index (χ4v) is 2.49. The van der Waals surface area contributed by atoms with Crippen molar-refractivity contribution in [2.45, 2.75) is 13.3 Å². The third kappa shape index (κ3) is 3.29. The highest BCUT2D eigenvalue weighted by atomic mass is 32.1. The van der Waals surface area contributed by atoms with Gasteiger partial charge in [-0.3, -0.25) is 9.78 Å². The molecule has 0 spiro atoms. The lowest BCUT2D eigenvalue weighted by molar-refractivity contribution is 0.0954. The van der Waals surface area contributed by atoms with Crippen LogP contribution in [0, 0.1) is 6.92 Å². The molecule has 0 aliphatic heterocycles. The molecule has 6 heteroatoms. The van der Waals surface area contributed by atoms with Gasteiger partial charge >= 0.3 is 0 Å². The van der Waals surface area contributed by atoms with Gasteiger partial charge in [0.25, 0.3) is 5.91 Å². The molecule has 2 N–H and O–H groups in total. The summed E-state index contributed by atoms with van der Waals surface area (Å²) in [7, 11) is 1.79. The maximum Gasteiger partial charge on any atom is 0.256 e. The standard InChI is InChI=1S/C13H16N4OS/c1-9-11(13(14-2)19-17-9)12(18)16-8-6-10-5-3-4-7-15-10/h3-5,7,14H,6,8H2,1-2H3,(H,16,18). The zero-order valence-electron chi connectivity index (χ0n) is 10.9. The van der Waals surface area contributed by atoms with Crippen LogP contribution in [0.1, 0.15) is 21.7 Å². The van der Waals surface area contributed by atoms with Gasteiger partial charge in [0.1, 0.15) is 5.00 Å². The molecule has 0 aliphatic rings. The summed E-state index contributed by atoms with van der Waals surface area (Å²) < 4.78 is 4.18. The van der Waals surface area contributed by atoms with Crippen molar-refractivity contribution in [2.24, 2.45) is 0 Å². The number of amides is 1. The Hall–Kier alpha value is -1.95. The average molecular weight is 276 g/mol. The van der Waals surface area contributed by atoms with E-state index in [0.717, 1.165) is 22.8 Å². The molecule has 0 aromatic carbocycles. The third-order valence-corrected chi connectivity index (χ3v) is 3.67. The first-order chi connectivity index (χ1) is 9.22. The SMILES string of the molecule is CNc1snc(C)c1C(=O)NCCc1ccccn1. The molecule has 0 radical (unpaired) electrons. The third-order valence-electron chi connectivity index (χ3n) is 2.71. The van der Waals surface area contributed by atoms with Crippen molar-refractivity contribution in [3.05, 3.63) is 41.3 Å². The number of nitrogens with zero attached hydrogens (tertiary/aromatic N) is 2. The van der Waals surface area contributed by atoms with Crippen LogP contribution in [-0.2, 0) is 6.42 Å². The van der Waals surface area contributed by atoms with Gasteiger partial charge in [0.2, 0.25) is 0 Å². The molecule has 0 saturated heterocycles. The van der Waals surface area contributed by atoms with Crippen molar-refractivity contribution >= 4 is 22.4 Å². The number of aromatic nitrogens is 2. The number of pyridine rings is 1. The first kappa shape index (κ1) is 13.5. The van der Waals surface area contributed by atoms with Gasteiger partial charge in [0, 0.05) is 31.9 Å². The van der Waals surface area contributed by atoms with Gasteiger partial charge in [-0.15, -0.1) is 0 Å². The Morgan fingerprint density at radius 3 is 2.95 bits per heavy atom. The van der Waals surface area contributed by atoms with Crippen LogP contribution in [0.4, 0.5) is 5.00 Å². The van der Waals surface area contributed by atoms with Crippen LogP contribution >= 0.6 is 11.5 Å². The van der Waals surface area contributed by atoms with E-state index in [-0.39, 0.29) is 5.91 Å². The molecular formula is C13H16N4OS. The first-order valence-electron chi connectivity index (χ1n) is 6.04. The fourth-order valence-electron chi connectivity index (χ4n) is 1.75. The Labute approximate surface area is 116 Å². The molecule has 5 nitrogen and oxygen atoms in total. The van der Waals surface area contributed by atoms with Gasteiger partial charge in [-0.05, 0) is 30.6 Å². The van der Waals surface area contributed by atoms with E-state index in [2.05, 4.69) is 20.0 Å². The Morgan fingerprint density at radius 1 is 1.42 bits per heavy atom. The Balaban J connectivity index is 1.93. The van der Waals surface area contributed by atoms with E-state index in [1.54, 1.807) is 13.2 Å². The normalized spacial score (nSPS) is 10.2. The highest BCUT2D eigenvalue weighted by Gasteiger charge is 2.16. The van der Waals surface area contributed by atoms with Crippen LogP contribution in [0.15, 0.2) is 24.4 Å². The Bertz CT molecular complexity index is 553. The second kappa shape index (κ2) is 6.29. The summed E-state index contributed by atoms with van der Waals surface area (Å²) in [5, 5.41) is 6.68. The average Bonchev–Trinajstić information content (AvgIpc) is 2.81. The summed E-state index contributed by atoms with van der Waals surface area (Å²) in [6.07, 6.45) is 2.47. The van der Waals surface area contributed by atoms with E-state index >= 15 is 0 Å². The lowest BCUT2D eigenvalue weighted by Gasteiger charge is -2.06. The topological polar surface area (TPSA) is 66.9 Å². The molecule has 2 aromatic rings. The zero-order chi connectivity index (χ0) is 13.7. The number of carbonyl (C=O) groups is 1. The number of hydrogen-bond acceptors (Lipinski definition) is 5. The van der Waals surface area contributed by atoms with Crippen molar-refractivity contribution in [1.29, 1.82) is 0 Å². The molecule has 19 heavy (non-hydrogen) atoms. The van der Waals surface area contributed by atoms with Gasteiger partial charge in [-0.1, -0.05) is 6.07 Å². The smallest absolute Gasteiger partial charge is 0.256 e. The molecule has 0 unspecified atom stereocenters. The summed E-state index contributed by atoms with van der Waals surface area (Å²) in [6, 6.07) is 5.76. The van der Waals surface area contributed by atoms with Crippen LogP contribution in [0.5, 0.6) is 0 Å². The number of aryl methyl sites for hydroxylation is 1. The number of carbonyl (C=O) groups excluding carboxylic acids is 1. The second-order valence-electron chi connectivity index (χ2n) is 4.05. The van der Waals surface area contributed by atoms with E-state index in [0.29, 0.717) is 12.1 Å². The number of rotatable bonds is 5. The van der Waals surface area contributed by atoms with Gasteiger partial charge in [0.05, 0.1) is 11.3 Å². The van der Waals surface area contributed by atoms with Gasteiger partial charge < -0.3 is 10.6 Å². The maximum atomic E-state index is 12.1. The van der Waals surface area contributed by atoms with Crippen LogP contribution < -0.4 is 10.6 Å². The molecule has 2 rings (SSSR count). The van der Waals surface area contributed by atoms with Gasteiger partial charge in [-0.25, -0.2) is 0 Å². The van der Waals surface area contributed by atoms with Crippen molar-refractivity contribution in [1.82, 2.24) is 14.7 Å². The molecule has 1 amide bonds. The van der Waals surface area contributed by atoms with Gasteiger partial charge in [0.15, 0.2) is 0 Å². The number of hydrogen-bond donors (Lipinski definition) is 2. The Kier molecular flexibility index (Phi) is 4.46. The van der Waals surface area contributed by atoms with E-state index in [1.807, 2.05) is 25.1 Å². The summed E-state index contributed by atoms with van der Waals surface area (Å²) in [5.41, 5.74) is 2.36. The molecule has 2 heterocycles. The van der Waals surface area contributed by atoms with Crippen molar-refractivity contribution in [3.63, 3.8) is 0 Å². The zero-order valence-corrected chi connectivity index (χ0v) is 11.8. The Morgan fingerprint density at radius 2 is 2.26 bits per heavy atom. The van der Waals surface area contributed by atoms with Crippen molar-refractivity contribution in [2.75, 3.05) is 18.9 Å². The first-order valence-corrected chi connectivity index (χ1v) is 6.82. The molecular weight excluding hydrogens is 260 g/mol. The number of anilines is 1. The predicted molar refractivity (Wildman–Crippen MR) is 76.7 cm³/mol. The predicted octanol–water partition coefficient (Wildman–Crippen LogP) is 1.86. The summed E-state index contributed by atoms with van der Waals surface area (Å²) >= 11 is 1.30. The largest absolute Gasteiger partial charge is 0.378 e. The van der Waals surface area contributed by atoms with Crippen LogP contribution in [0.2, 0.25) is 0 Å². The monoisotopic (exact) mass is 276 g/mol. The van der Waals surface area contributed by atoms with Gasteiger partial charge in [-0.2, -0.15) is 4.37 Å². The molecule has 0 aliphatic carbocycles. The minimum Gasteiger partial charge on any atom is -0.378 e. The second-order valence-corrected chi connectivity index (χ2v) is 4.82. The summed E-state index contributed by atoms with van der Waals surface area (Å²) in [5.74, 6) is -0.0912. The minimum atomic E-state index is -0.0912. The lowest BCUT2D eigenvalue weighted by atomic mass is 10.2. The van der Waals surface area contributed by atoms with E-state index in [4.69, 9.17) is 0 Å².